The van der Waals surface area contributed by atoms with Crippen LogP contribution < -0.4 is 0 Å². The molecule has 0 aliphatic rings. The second kappa shape index (κ2) is 10.5. The van der Waals surface area contributed by atoms with E-state index in [-0.39, 0.29) is 6.29 Å². The largest absolute Gasteiger partial charge is 0.352 e. The third-order valence-electron chi connectivity index (χ3n) is 2.28. The molecular formula is C13H26N2O2. The summed E-state index contributed by atoms with van der Waals surface area (Å²) in [5, 5.41) is 8.65. The molecule has 0 heterocycles. The Bertz CT molecular complexity index is 208. The van der Waals surface area contributed by atoms with Crippen molar-refractivity contribution < 1.29 is 9.47 Å². The second-order valence-electron chi connectivity index (χ2n) is 4.40. The van der Waals surface area contributed by atoms with E-state index in [4.69, 9.17) is 14.7 Å². The van der Waals surface area contributed by atoms with Crippen LogP contribution in [0.4, 0.5) is 0 Å². The summed E-state index contributed by atoms with van der Waals surface area (Å²) in [6.45, 7) is 12.1. The smallest absolute Gasteiger partial charge is 0.170 e. The van der Waals surface area contributed by atoms with E-state index in [0.717, 1.165) is 19.6 Å². The number of ether oxygens (including phenoxy) is 2. The molecule has 0 aliphatic heterocycles. The van der Waals surface area contributed by atoms with Crippen LogP contribution in [0.1, 0.15) is 34.1 Å². The highest BCUT2D eigenvalue weighted by molar-refractivity contribution is 4.73. The van der Waals surface area contributed by atoms with Crippen LogP contribution in [0.25, 0.3) is 0 Å². The first-order chi connectivity index (χ1) is 8.13. The van der Waals surface area contributed by atoms with Gasteiger partial charge in [0.25, 0.3) is 0 Å². The van der Waals surface area contributed by atoms with Crippen LogP contribution >= 0.6 is 0 Å². The molecule has 0 radical (unpaired) electrons. The Balaban J connectivity index is 4.19. The number of hydrogen-bond acceptors (Lipinski definition) is 4. The van der Waals surface area contributed by atoms with Gasteiger partial charge in [-0.25, -0.2) is 0 Å². The first-order valence-electron chi connectivity index (χ1n) is 6.46. The van der Waals surface area contributed by atoms with Crippen molar-refractivity contribution in [2.45, 2.75) is 40.4 Å². The molecule has 100 valence electrons. The maximum Gasteiger partial charge on any atom is 0.170 e. The van der Waals surface area contributed by atoms with Crippen LogP contribution in [0, 0.1) is 17.2 Å². The van der Waals surface area contributed by atoms with Crippen LogP contribution in [0.15, 0.2) is 0 Å². The SMILES string of the molecule is CCOC(CN(CCC#N)CC(C)C)OCC. The summed E-state index contributed by atoms with van der Waals surface area (Å²) in [7, 11) is 0. The summed E-state index contributed by atoms with van der Waals surface area (Å²) in [6.07, 6.45) is 0.375. The molecule has 4 nitrogen and oxygen atoms in total. The second-order valence-corrected chi connectivity index (χ2v) is 4.40. The van der Waals surface area contributed by atoms with E-state index in [0.29, 0.717) is 25.6 Å². The molecule has 17 heavy (non-hydrogen) atoms. The van der Waals surface area contributed by atoms with E-state index in [9.17, 15) is 0 Å². The molecule has 0 aromatic rings. The predicted octanol–water partition coefficient (Wildman–Crippen LogP) is 2.26. The van der Waals surface area contributed by atoms with Gasteiger partial charge in [0, 0.05) is 39.3 Å². The molecule has 0 bridgehead atoms. The van der Waals surface area contributed by atoms with Crippen molar-refractivity contribution in [1.82, 2.24) is 4.90 Å². The molecular weight excluding hydrogens is 216 g/mol. The quantitative estimate of drug-likeness (QED) is 0.551. The summed E-state index contributed by atoms with van der Waals surface area (Å²) in [4.78, 5) is 2.24. The van der Waals surface area contributed by atoms with E-state index < -0.39 is 0 Å². The van der Waals surface area contributed by atoms with Crippen LogP contribution in [0.5, 0.6) is 0 Å². The normalized spacial score (nSPS) is 11.4. The summed E-state index contributed by atoms with van der Waals surface area (Å²) in [5.41, 5.74) is 0. The Labute approximate surface area is 105 Å². The number of hydrogen-bond donors (Lipinski definition) is 0. The van der Waals surface area contributed by atoms with E-state index in [1.54, 1.807) is 0 Å². The van der Waals surface area contributed by atoms with Crippen LogP contribution in [0.3, 0.4) is 0 Å². The average Bonchev–Trinajstić information content (AvgIpc) is 2.26. The van der Waals surface area contributed by atoms with Crippen LogP contribution in [0.2, 0.25) is 0 Å². The van der Waals surface area contributed by atoms with Gasteiger partial charge in [-0.3, -0.25) is 4.90 Å². The molecule has 0 saturated carbocycles. The van der Waals surface area contributed by atoms with E-state index in [2.05, 4.69) is 24.8 Å². The van der Waals surface area contributed by atoms with Gasteiger partial charge in [0.15, 0.2) is 6.29 Å². The molecule has 0 N–H and O–H groups in total. The Kier molecular flexibility index (Phi) is 10.1. The third-order valence-corrected chi connectivity index (χ3v) is 2.28. The monoisotopic (exact) mass is 242 g/mol. The highest BCUT2D eigenvalue weighted by Crippen LogP contribution is 2.05. The van der Waals surface area contributed by atoms with Gasteiger partial charge >= 0.3 is 0 Å². The first-order valence-corrected chi connectivity index (χ1v) is 6.46. The lowest BCUT2D eigenvalue weighted by molar-refractivity contribution is -0.147. The molecule has 0 fully saturated rings. The number of nitriles is 1. The Morgan fingerprint density at radius 2 is 1.71 bits per heavy atom. The first kappa shape index (κ1) is 16.4. The van der Waals surface area contributed by atoms with Crippen LogP contribution in [-0.2, 0) is 9.47 Å². The van der Waals surface area contributed by atoms with E-state index in [1.807, 2.05) is 13.8 Å². The zero-order valence-corrected chi connectivity index (χ0v) is 11.6. The minimum atomic E-state index is -0.178. The highest BCUT2D eigenvalue weighted by atomic mass is 16.7. The Hall–Kier alpha value is -0.630. The van der Waals surface area contributed by atoms with Crippen molar-refractivity contribution in [2.24, 2.45) is 5.92 Å². The number of rotatable bonds is 10. The zero-order valence-electron chi connectivity index (χ0n) is 11.6. The molecule has 0 rings (SSSR count). The Morgan fingerprint density at radius 1 is 1.12 bits per heavy atom. The topological polar surface area (TPSA) is 45.5 Å². The standard InChI is InChI=1S/C13H26N2O2/c1-5-16-13(17-6-2)11-15(9-7-8-14)10-12(3)4/h12-13H,5-7,9-11H2,1-4H3. The van der Waals surface area contributed by atoms with Gasteiger partial charge in [-0.15, -0.1) is 0 Å². The average molecular weight is 242 g/mol. The van der Waals surface area contributed by atoms with Crippen molar-refractivity contribution in [2.75, 3.05) is 32.8 Å². The van der Waals surface area contributed by atoms with Crippen molar-refractivity contribution >= 4 is 0 Å². The van der Waals surface area contributed by atoms with E-state index in [1.165, 1.54) is 0 Å². The summed E-state index contributed by atoms with van der Waals surface area (Å²) in [5.74, 6) is 0.581. The third kappa shape index (κ3) is 9.11. The van der Waals surface area contributed by atoms with E-state index >= 15 is 0 Å². The van der Waals surface area contributed by atoms with Crippen molar-refractivity contribution in [3.8, 4) is 6.07 Å². The maximum absolute atomic E-state index is 8.65. The van der Waals surface area contributed by atoms with Crippen LogP contribution in [-0.4, -0.2) is 44.0 Å². The van der Waals surface area contributed by atoms with Gasteiger partial charge in [-0.1, -0.05) is 13.8 Å². The fourth-order valence-corrected chi connectivity index (χ4v) is 1.72. The zero-order chi connectivity index (χ0) is 13.1. The summed E-state index contributed by atoms with van der Waals surface area (Å²) in [6, 6.07) is 2.19. The molecule has 0 spiro atoms. The van der Waals surface area contributed by atoms with Crippen molar-refractivity contribution in [3.63, 3.8) is 0 Å². The summed E-state index contributed by atoms with van der Waals surface area (Å²) >= 11 is 0. The molecule has 0 aliphatic carbocycles. The fraction of sp³-hybridized carbons (Fsp3) is 0.923. The molecule has 0 aromatic heterocycles. The lowest BCUT2D eigenvalue weighted by atomic mass is 10.2. The highest BCUT2D eigenvalue weighted by Gasteiger charge is 2.15. The Morgan fingerprint density at radius 3 is 2.12 bits per heavy atom. The molecule has 0 aromatic carbocycles. The number of nitrogens with zero attached hydrogens (tertiary/aromatic N) is 2. The molecule has 0 saturated heterocycles. The van der Waals surface area contributed by atoms with Gasteiger partial charge in [0.1, 0.15) is 0 Å². The van der Waals surface area contributed by atoms with Gasteiger partial charge in [-0.2, -0.15) is 5.26 Å². The fourth-order valence-electron chi connectivity index (χ4n) is 1.72. The van der Waals surface area contributed by atoms with Crippen molar-refractivity contribution in [1.29, 1.82) is 5.26 Å². The van der Waals surface area contributed by atoms with Gasteiger partial charge in [0.2, 0.25) is 0 Å². The van der Waals surface area contributed by atoms with Gasteiger partial charge in [0.05, 0.1) is 6.07 Å². The van der Waals surface area contributed by atoms with Crippen molar-refractivity contribution in [3.05, 3.63) is 0 Å². The molecule has 0 amide bonds. The lowest BCUT2D eigenvalue weighted by Gasteiger charge is -2.27. The minimum absolute atomic E-state index is 0.178. The molecule has 0 atom stereocenters. The molecule has 0 unspecified atom stereocenters. The van der Waals surface area contributed by atoms with Gasteiger partial charge in [-0.05, 0) is 19.8 Å². The predicted molar refractivity (Wildman–Crippen MR) is 68.5 cm³/mol. The molecule has 4 heteroatoms. The lowest BCUT2D eigenvalue weighted by Crippen LogP contribution is -2.38. The van der Waals surface area contributed by atoms with Gasteiger partial charge < -0.3 is 9.47 Å². The summed E-state index contributed by atoms with van der Waals surface area (Å²) < 4.78 is 11.1. The maximum atomic E-state index is 8.65. The minimum Gasteiger partial charge on any atom is -0.352 e.